The van der Waals surface area contributed by atoms with Gasteiger partial charge in [0.05, 0.1) is 16.1 Å². The number of hydrogen-bond acceptors (Lipinski definition) is 3. The van der Waals surface area contributed by atoms with Crippen LogP contribution in [0.5, 0.6) is 5.75 Å². The maximum absolute atomic E-state index is 5.83. The Hall–Kier alpha value is -2.20. The highest BCUT2D eigenvalue weighted by Gasteiger charge is 2.21. The first kappa shape index (κ1) is 16.7. The Bertz CT molecular complexity index is 779. The fraction of sp³-hybridized carbons (Fsp3) is 0.250. The molecule has 0 atom stereocenters. The molecule has 0 N–H and O–H groups in total. The Morgan fingerprint density at radius 2 is 1.71 bits per heavy atom. The van der Waals surface area contributed by atoms with Gasteiger partial charge in [-0.2, -0.15) is 16.9 Å². The Labute approximate surface area is 147 Å². The van der Waals surface area contributed by atoms with Crippen molar-refractivity contribution in [3.05, 3.63) is 78.1 Å². The lowest BCUT2D eigenvalue weighted by Gasteiger charge is -2.18. The number of rotatable bonds is 6. The van der Waals surface area contributed by atoms with E-state index in [1.807, 2.05) is 53.3 Å². The van der Waals surface area contributed by atoms with Crippen LogP contribution in [0.25, 0.3) is 5.69 Å². The number of hydrogen-bond donors (Lipinski definition) is 0. The molecule has 3 rings (SSSR count). The lowest BCUT2D eigenvalue weighted by atomic mass is 10.1. The normalized spacial score (nSPS) is 11.5. The second-order valence-corrected chi connectivity index (χ2v) is 7.56. The van der Waals surface area contributed by atoms with E-state index >= 15 is 0 Å². The van der Waals surface area contributed by atoms with Gasteiger partial charge in [-0.15, -0.1) is 0 Å². The predicted octanol–water partition coefficient (Wildman–Crippen LogP) is 5.05. The first-order valence-electron chi connectivity index (χ1n) is 7.97. The summed E-state index contributed by atoms with van der Waals surface area (Å²) in [4.78, 5) is 0. The molecule has 4 heteroatoms. The van der Waals surface area contributed by atoms with Gasteiger partial charge in [0.2, 0.25) is 0 Å². The van der Waals surface area contributed by atoms with E-state index < -0.39 is 0 Å². The summed E-state index contributed by atoms with van der Waals surface area (Å²) in [6.45, 7) is 4.95. The lowest BCUT2D eigenvalue weighted by molar-refractivity contribution is 0.306. The fourth-order valence-electron chi connectivity index (χ4n) is 2.33. The molecule has 0 saturated heterocycles. The van der Waals surface area contributed by atoms with Gasteiger partial charge in [0.25, 0.3) is 0 Å². The summed E-state index contributed by atoms with van der Waals surface area (Å²) in [5.74, 6) is 0.861. The Morgan fingerprint density at radius 3 is 2.38 bits per heavy atom. The fourth-order valence-corrected chi connectivity index (χ4v) is 2.65. The molecule has 0 aliphatic heterocycles. The maximum atomic E-state index is 5.83. The van der Waals surface area contributed by atoms with Crippen LogP contribution in [0, 0.1) is 0 Å². The topological polar surface area (TPSA) is 27.1 Å². The minimum absolute atomic E-state index is 0.0178. The van der Waals surface area contributed by atoms with Crippen LogP contribution in [0.4, 0.5) is 0 Å². The molecule has 0 amide bonds. The molecule has 0 radical (unpaired) electrons. The lowest BCUT2D eigenvalue weighted by Crippen LogP contribution is -2.12. The summed E-state index contributed by atoms with van der Waals surface area (Å²) in [5, 5.41) is 4.70. The van der Waals surface area contributed by atoms with Crippen molar-refractivity contribution in [2.45, 2.75) is 25.2 Å². The molecule has 2 aromatic carbocycles. The van der Waals surface area contributed by atoms with E-state index in [0.717, 1.165) is 22.7 Å². The second-order valence-electron chi connectivity index (χ2n) is 6.13. The van der Waals surface area contributed by atoms with Gasteiger partial charge in [0, 0.05) is 6.20 Å². The van der Waals surface area contributed by atoms with Crippen LogP contribution in [-0.4, -0.2) is 16.0 Å². The largest absolute Gasteiger partial charge is 0.489 e. The standard InChI is InChI=1S/C20H22N2OS/c1-20(2,24-3)19-13-14-22(21-19)17-9-11-18(12-10-17)23-15-16-7-5-4-6-8-16/h4-14H,15H2,1-3H3. The van der Waals surface area contributed by atoms with Crippen molar-refractivity contribution in [3.63, 3.8) is 0 Å². The number of nitrogens with zero attached hydrogens (tertiary/aromatic N) is 2. The Morgan fingerprint density at radius 1 is 1.00 bits per heavy atom. The van der Waals surface area contributed by atoms with Gasteiger partial charge >= 0.3 is 0 Å². The van der Waals surface area contributed by atoms with Crippen molar-refractivity contribution >= 4 is 11.8 Å². The highest BCUT2D eigenvalue weighted by Crippen LogP contribution is 2.32. The van der Waals surface area contributed by atoms with Gasteiger partial charge in [0.1, 0.15) is 12.4 Å². The SMILES string of the molecule is CSC(C)(C)c1ccn(-c2ccc(OCc3ccccc3)cc2)n1. The Kier molecular flexibility index (Phi) is 4.95. The molecule has 0 saturated carbocycles. The molecular weight excluding hydrogens is 316 g/mol. The summed E-state index contributed by atoms with van der Waals surface area (Å²) >= 11 is 1.80. The van der Waals surface area contributed by atoms with Crippen LogP contribution >= 0.6 is 11.8 Å². The quantitative estimate of drug-likeness (QED) is 0.629. The zero-order valence-corrected chi connectivity index (χ0v) is 15.1. The van der Waals surface area contributed by atoms with Crippen LogP contribution in [0.1, 0.15) is 25.1 Å². The van der Waals surface area contributed by atoms with Crippen molar-refractivity contribution in [2.24, 2.45) is 0 Å². The van der Waals surface area contributed by atoms with Gasteiger partial charge in [-0.25, -0.2) is 4.68 Å². The molecule has 0 aliphatic carbocycles. The maximum Gasteiger partial charge on any atom is 0.119 e. The van der Waals surface area contributed by atoms with Crippen LogP contribution < -0.4 is 4.74 Å². The summed E-state index contributed by atoms with van der Waals surface area (Å²) in [7, 11) is 0. The third kappa shape index (κ3) is 3.82. The van der Waals surface area contributed by atoms with Gasteiger partial charge in [-0.05, 0) is 56.0 Å². The van der Waals surface area contributed by atoms with E-state index in [-0.39, 0.29) is 4.75 Å². The first-order valence-corrected chi connectivity index (χ1v) is 9.19. The van der Waals surface area contributed by atoms with Gasteiger partial charge < -0.3 is 4.74 Å². The van der Waals surface area contributed by atoms with E-state index in [1.54, 1.807) is 11.8 Å². The average Bonchev–Trinajstić information content (AvgIpc) is 3.12. The van der Waals surface area contributed by atoms with Crippen LogP contribution in [-0.2, 0) is 11.4 Å². The van der Waals surface area contributed by atoms with Crippen LogP contribution in [0.2, 0.25) is 0 Å². The Balaban J connectivity index is 1.68. The molecule has 1 aromatic heterocycles. The molecular formula is C20H22N2OS. The van der Waals surface area contributed by atoms with Crippen LogP contribution in [0.3, 0.4) is 0 Å². The van der Waals surface area contributed by atoms with Crippen molar-refractivity contribution in [3.8, 4) is 11.4 Å². The van der Waals surface area contributed by atoms with E-state index in [0.29, 0.717) is 6.61 Å². The summed E-state index contributed by atoms with van der Waals surface area (Å²) in [6.07, 6.45) is 4.12. The summed E-state index contributed by atoms with van der Waals surface area (Å²) in [6, 6.07) is 20.3. The molecule has 0 fully saturated rings. The molecule has 0 bridgehead atoms. The average molecular weight is 338 g/mol. The molecule has 124 valence electrons. The molecule has 3 aromatic rings. The number of ether oxygens (including phenoxy) is 1. The van der Waals surface area contributed by atoms with Crippen LogP contribution in [0.15, 0.2) is 66.9 Å². The highest BCUT2D eigenvalue weighted by molar-refractivity contribution is 7.99. The minimum Gasteiger partial charge on any atom is -0.489 e. The summed E-state index contributed by atoms with van der Waals surface area (Å²) < 4.78 is 7.76. The molecule has 24 heavy (non-hydrogen) atoms. The molecule has 0 unspecified atom stereocenters. The van der Waals surface area contributed by atoms with Crippen molar-refractivity contribution in [2.75, 3.05) is 6.26 Å². The molecule has 3 nitrogen and oxygen atoms in total. The third-order valence-corrected chi connectivity index (χ3v) is 5.30. The minimum atomic E-state index is 0.0178. The van der Waals surface area contributed by atoms with E-state index in [2.05, 4.69) is 38.3 Å². The predicted molar refractivity (Wildman–Crippen MR) is 101 cm³/mol. The molecule has 0 aliphatic rings. The first-order chi connectivity index (χ1) is 11.6. The molecule has 1 heterocycles. The highest BCUT2D eigenvalue weighted by atomic mass is 32.2. The molecule has 0 spiro atoms. The monoisotopic (exact) mass is 338 g/mol. The zero-order valence-electron chi connectivity index (χ0n) is 14.3. The summed E-state index contributed by atoms with van der Waals surface area (Å²) in [5.41, 5.74) is 3.28. The van der Waals surface area contributed by atoms with E-state index in [9.17, 15) is 0 Å². The van der Waals surface area contributed by atoms with Crippen molar-refractivity contribution in [1.29, 1.82) is 0 Å². The number of aromatic nitrogens is 2. The van der Waals surface area contributed by atoms with E-state index in [1.165, 1.54) is 0 Å². The van der Waals surface area contributed by atoms with Gasteiger partial charge in [-0.3, -0.25) is 0 Å². The smallest absolute Gasteiger partial charge is 0.119 e. The van der Waals surface area contributed by atoms with Gasteiger partial charge in [-0.1, -0.05) is 30.3 Å². The van der Waals surface area contributed by atoms with E-state index in [4.69, 9.17) is 9.84 Å². The van der Waals surface area contributed by atoms with Gasteiger partial charge in [0.15, 0.2) is 0 Å². The second kappa shape index (κ2) is 7.14. The number of benzene rings is 2. The zero-order chi connectivity index (χ0) is 17.0. The van der Waals surface area contributed by atoms with Crippen molar-refractivity contribution in [1.82, 2.24) is 9.78 Å². The van der Waals surface area contributed by atoms with Crippen molar-refractivity contribution < 1.29 is 4.74 Å². The third-order valence-electron chi connectivity index (χ3n) is 4.07. The number of thioether (sulfide) groups is 1.